The molecule has 2 aliphatic rings. The third kappa shape index (κ3) is 5.70. The zero-order valence-electron chi connectivity index (χ0n) is 23.4. The minimum atomic E-state index is -3.78. The number of sulfone groups is 1. The highest BCUT2D eigenvalue weighted by atomic mass is 32.2. The lowest BCUT2D eigenvalue weighted by Gasteiger charge is -2.43. The fourth-order valence-corrected chi connectivity index (χ4v) is 7.98. The Balaban J connectivity index is 1.42. The molecule has 1 aromatic heterocycles. The normalized spacial score (nSPS) is 30.1. The topological polar surface area (TPSA) is 105 Å². The lowest BCUT2D eigenvalue weighted by Crippen LogP contribution is -2.51. The Morgan fingerprint density at radius 2 is 1.81 bits per heavy atom. The summed E-state index contributed by atoms with van der Waals surface area (Å²) in [6.45, 7) is 17.6. The van der Waals surface area contributed by atoms with Crippen molar-refractivity contribution >= 4 is 18.2 Å². The van der Waals surface area contributed by atoms with Crippen molar-refractivity contribution in [3.63, 3.8) is 0 Å². The fraction of sp³-hybridized carbons (Fsp3) is 0.731. The molecular formula is C26H42N4O5SSi. The molecule has 11 heteroatoms. The monoisotopic (exact) mass is 550 g/mol. The van der Waals surface area contributed by atoms with E-state index in [2.05, 4.69) is 63.2 Å². The standard InChI is InChI=1S/C26H42N4O5SSi/c1-19(35-37(7,8)24(2,3)4)25(5)17-15-22(34-25)26(6)16-14-21(33-26)18-36(31,32)23-27-28-29-30(23)20-12-10-9-11-13-20/h9-13,19,21-22H,14-18H2,1-8H3/t19-,21+,22-,25+,26+/m1/s1. The quantitative estimate of drug-likeness (QED) is 0.435. The molecule has 5 atom stereocenters. The van der Waals surface area contributed by atoms with Gasteiger partial charge in [0, 0.05) is 0 Å². The van der Waals surface area contributed by atoms with Crippen LogP contribution >= 0.6 is 0 Å². The molecule has 3 heterocycles. The van der Waals surface area contributed by atoms with E-state index < -0.39 is 35.5 Å². The van der Waals surface area contributed by atoms with Gasteiger partial charge in [-0.3, -0.25) is 0 Å². The van der Waals surface area contributed by atoms with Crippen LogP contribution in [-0.4, -0.2) is 72.2 Å². The summed E-state index contributed by atoms with van der Waals surface area (Å²) in [5.41, 5.74) is -0.370. The number of hydrogen-bond donors (Lipinski definition) is 0. The maximum Gasteiger partial charge on any atom is 0.272 e. The molecule has 0 amide bonds. The van der Waals surface area contributed by atoms with E-state index in [0.29, 0.717) is 12.1 Å². The minimum Gasteiger partial charge on any atom is -0.411 e. The molecule has 9 nitrogen and oxygen atoms in total. The van der Waals surface area contributed by atoms with E-state index in [9.17, 15) is 8.42 Å². The maximum atomic E-state index is 13.3. The lowest BCUT2D eigenvalue weighted by molar-refractivity contribution is -0.164. The summed E-state index contributed by atoms with van der Waals surface area (Å²) in [6.07, 6.45) is 2.48. The first kappa shape index (κ1) is 28.3. The van der Waals surface area contributed by atoms with Crippen LogP contribution in [0.1, 0.15) is 67.2 Å². The minimum absolute atomic E-state index is 0.0450. The van der Waals surface area contributed by atoms with Crippen LogP contribution in [0.2, 0.25) is 18.1 Å². The smallest absolute Gasteiger partial charge is 0.272 e. The highest BCUT2D eigenvalue weighted by Gasteiger charge is 2.53. The third-order valence-electron chi connectivity index (χ3n) is 8.66. The third-order valence-corrected chi connectivity index (χ3v) is 14.8. The van der Waals surface area contributed by atoms with Gasteiger partial charge in [0.1, 0.15) is 0 Å². The zero-order valence-corrected chi connectivity index (χ0v) is 25.2. The van der Waals surface area contributed by atoms with Gasteiger partial charge in [-0.25, -0.2) is 8.42 Å². The number of tetrazole rings is 1. The highest BCUT2D eigenvalue weighted by Crippen LogP contribution is 2.46. The molecule has 0 saturated carbocycles. The van der Waals surface area contributed by atoms with Crippen LogP contribution in [0, 0.1) is 0 Å². The van der Waals surface area contributed by atoms with Crippen molar-refractivity contribution in [1.29, 1.82) is 0 Å². The van der Waals surface area contributed by atoms with Crippen molar-refractivity contribution in [2.45, 2.75) is 120 Å². The number of nitrogens with zero attached hydrogens (tertiary/aromatic N) is 4. The van der Waals surface area contributed by atoms with Crippen molar-refractivity contribution in [2.75, 3.05) is 5.75 Å². The van der Waals surface area contributed by atoms with Gasteiger partial charge in [-0.15, -0.1) is 0 Å². The Morgan fingerprint density at radius 1 is 1.14 bits per heavy atom. The lowest BCUT2D eigenvalue weighted by atomic mass is 9.91. The molecule has 206 valence electrons. The average molecular weight is 551 g/mol. The van der Waals surface area contributed by atoms with E-state index in [1.54, 1.807) is 12.1 Å². The van der Waals surface area contributed by atoms with Crippen LogP contribution in [0.4, 0.5) is 0 Å². The van der Waals surface area contributed by atoms with Crippen molar-refractivity contribution in [3.05, 3.63) is 30.3 Å². The molecule has 0 aliphatic carbocycles. The van der Waals surface area contributed by atoms with Crippen LogP contribution < -0.4 is 0 Å². The molecular weight excluding hydrogens is 508 g/mol. The van der Waals surface area contributed by atoms with Gasteiger partial charge in [-0.05, 0) is 87.1 Å². The Kier molecular flexibility index (Phi) is 7.52. The van der Waals surface area contributed by atoms with E-state index in [1.165, 1.54) is 4.68 Å². The molecule has 0 N–H and O–H groups in total. The summed E-state index contributed by atoms with van der Waals surface area (Å²) in [4.78, 5) is 0. The molecule has 2 fully saturated rings. The molecule has 0 bridgehead atoms. The van der Waals surface area contributed by atoms with Crippen LogP contribution in [0.5, 0.6) is 0 Å². The molecule has 0 spiro atoms. The van der Waals surface area contributed by atoms with Gasteiger partial charge in [0.15, 0.2) is 8.32 Å². The Bertz CT molecular complexity index is 1200. The first-order chi connectivity index (χ1) is 17.1. The summed E-state index contributed by atoms with van der Waals surface area (Å²) < 4.78 is 47.6. The van der Waals surface area contributed by atoms with Gasteiger partial charge in [-0.1, -0.05) is 44.1 Å². The van der Waals surface area contributed by atoms with Gasteiger partial charge < -0.3 is 13.9 Å². The molecule has 2 aromatic rings. The summed E-state index contributed by atoms with van der Waals surface area (Å²) in [5, 5.41) is 11.3. The van der Waals surface area contributed by atoms with Gasteiger partial charge in [0.05, 0.1) is 41.0 Å². The van der Waals surface area contributed by atoms with E-state index in [-0.39, 0.29) is 28.2 Å². The first-order valence-electron chi connectivity index (χ1n) is 13.2. The summed E-state index contributed by atoms with van der Waals surface area (Å²) >= 11 is 0. The second-order valence-electron chi connectivity index (χ2n) is 12.6. The number of benzene rings is 1. The number of aromatic nitrogens is 4. The van der Waals surface area contributed by atoms with Gasteiger partial charge in [0.2, 0.25) is 9.84 Å². The Labute approximate surface area is 222 Å². The summed E-state index contributed by atoms with van der Waals surface area (Å²) in [5.74, 6) is -0.176. The van der Waals surface area contributed by atoms with E-state index >= 15 is 0 Å². The average Bonchev–Trinajstić information content (AvgIpc) is 3.53. The van der Waals surface area contributed by atoms with Crippen LogP contribution in [-0.2, 0) is 23.7 Å². The summed E-state index contributed by atoms with van der Waals surface area (Å²) in [6, 6.07) is 9.01. The molecule has 0 unspecified atom stereocenters. The molecule has 37 heavy (non-hydrogen) atoms. The Hall–Kier alpha value is -1.66. The molecule has 0 radical (unpaired) electrons. The van der Waals surface area contributed by atoms with Crippen molar-refractivity contribution in [2.24, 2.45) is 0 Å². The van der Waals surface area contributed by atoms with Gasteiger partial charge in [-0.2, -0.15) is 4.68 Å². The molecule has 2 aliphatic heterocycles. The predicted octanol–water partition coefficient (Wildman–Crippen LogP) is 4.72. The van der Waals surface area contributed by atoms with Gasteiger partial charge in [0.25, 0.3) is 5.16 Å². The van der Waals surface area contributed by atoms with E-state index in [4.69, 9.17) is 13.9 Å². The second kappa shape index (κ2) is 9.82. The summed E-state index contributed by atoms with van der Waals surface area (Å²) in [7, 11) is -5.72. The van der Waals surface area contributed by atoms with E-state index in [1.807, 2.05) is 25.1 Å². The maximum absolute atomic E-state index is 13.3. The van der Waals surface area contributed by atoms with Gasteiger partial charge >= 0.3 is 0 Å². The van der Waals surface area contributed by atoms with Crippen LogP contribution in [0.25, 0.3) is 5.69 Å². The van der Waals surface area contributed by atoms with E-state index in [0.717, 1.165) is 19.3 Å². The predicted molar refractivity (Wildman–Crippen MR) is 144 cm³/mol. The highest BCUT2D eigenvalue weighted by molar-refractivity contribution is 7.91. The molecule has 1 aromatic carbocycles. The Morgan fingerprint density at radius 3 is 2.46 bits per heavy atom. The largest absolute Gasteiger partial charge is 0.411 e. The zero-order chi connectivity index (χ0) is 27.3. The van der Waals surface area contributed by atoms with Crippen molar-refractivity contribution in [1.82, 2.24) is 20.2 Å². The van der Waals surface area contributed by atoms with Crippen LogP contribution in [0.15, 0.2) is 35.5 Å². The number of ether oxygens (including phenoxy) is 2. The number of hydrogen-bond acceptors (Lipinski definition) is 8. The van der Waals surface area contributed by atoms with Crippen molar-refractivity contribution < 1.29 is 22.3 Å². The van der Waals surface area contributed by atoms with Crippen LogP contribution in [0.3, 0.4) is 0 Å². The number of para-hydroxylation sites is 1. The van der Waals surface area contributed by atoms with Crippen molar-refractivity contribution in [3.8, 4) is 5.69 Å². The number of rotatable bonds is 8. The molecule has 4 rings (SSSR count). The second-order valence-corrected chi connectivity index (χ2v) is 19.2. The fourth-order valence-electron chi connectivity index (χ4n) is 5.06. The molecule has 2 saturated heterocycles. The SMILES string of the molecule is C[C@@H](O[Si](C)(C)C(C)(C)C)[C@]1(C)CC[C@H]([C@]2(C)CC[C@@H](CS(=O)(=O)c3nnnn3-c3ccccc3)O2)O1. The first-order valence-corrected chi connectivity index (χ1v) is 17.7.